The Morgan fingerprint density at radius 2 is 2.00 bits per heavy atom. The average Bonchev–Trinajstić information content (AvgIpc) is 3.08. The quantitative estimate of drug-likeness (QED) is 0.644. The van der Waals surface area contributed by atoms with Gasteiger partial charge in [0.1, 0.15) is 11.8 Å². The normalized spacial score (nSPS) is 24.0. The summed E-state index contributed by atoms with van der Waals surface area (Å²) in [5, 5.41) is 5.12. The fraction of sp³-hybridized carbons (Fsp3) is 0.471. The molecule has 1 aromatic carbocycles. The van der Waals surface area contributed by atoms with Crippen LogP contribution in [0.15, 0.2) is 24.3 Å². The van der Waals surface area contributed by atoms with Crippen molar-refractivity contribution in [1.82, 2.24) is 15.5 Å². The Kier molecular flexibility index (Phi) is 5.36. The minimum atomic E-state index is -3.10. The number of sulfone groups is 1. The summed E-state index contributed by atoms with van der Waals surface area (Å²) in [7, 11) is -1.56. The first kappa shape index (κ1) is 19.2. The number of nitrogens with zero attached hydrogens (tertiary/aromatic N) is 1. The standard InChI is InChI=1S/C17H21N3O6S/c1-26-13-4-2-11(3-5-13)9-20-16(22)14(19-17(20)23)8-15(21)18-12-6-7-27(24,25)10-12/h2-5,12,14H,6-10H2,1H3,(H,18,21)(H,19,23)/t12-,14+/m1/s1. The van der Waals surface area contributed by atoms with E-state index in [0.717, 1.165) is 10.5 Å². The summed E-state index contributed by atoms with van der Waals surface area (Å²) in [5.74, 6) is -0.313. The van der Waals surface area contributed by atoms with Crippen LogP contribution in [0.4, 0.5) is 4.79 Å². The van der Waals surface area contributed by atoms with Gasteiger partial charge in [0, 0.05) is 6.04 Å². The Bertz CT molecular complexity index is 852. The van der Waals surface area contributed by atoms with Crippen molar-refractivity contribution >= 4 is 27.7 Å². The highest BCUT2D eigenvalue weighted by atomic mass is 32.2. The highest BCUT2D eigenvalue weighted by Gasteiger charge is 2.39. The summed E-state index contributed by atoms with van der Waals surface area (Å²) in [6.07, 6.45) is 0.142. The molecule has 1 aromatic rings. The first-order valence-electron chi connectivity index (χ1n) is 8.52. The van der Waals surface area contributed by atoms with E-state index in [1.54, 1.807) is 31.4 Å². The molecule has 146 valence electrons. The Morgan fingerprint density at radius 3 is 2.59 bits per heavy atom. The molecule has 0 bridgehead atoms. The number of hydrogen-bond donors (Lipinski definition) is 2. The molecule has 27 heavy (non-hydrogen) atoms. The molecule has 2 N–H and O–H groups in total. The van der Waals surface area contributed by atoms with E-state index >= 15 is 0 Å². The van der Waals surface area contributed by atoms with Crippen molar-refractivity contribution in [3.63, 3.8) is 0 Å². The zero-order valence-corrected chi connectivity index (χ0v) is 15.6. The lowest BCUT2D eigenvalue weighted by atomic mass is 10.1. The van der Waals surface area contributed by atoms with Gasteiger partial charge in [-0.2, -0.15) is 0 Å². The number of methoxy groups -OCH3 is 1. The van der Waals surface area contributed by atoms with Crippen LogP contribution in [0.5, 0.6) is 5.75 Å². The van der Waals surface area contributed by atoms with Crippen LogP contribution in [-0.2, 0) is 26.0 Å². The summed E-state index contributed by atoms with van der Waals surface area (Å²) in [5.41, 5.74) is 0.751. The maximum atomic E-state index is 12.5. The summed E-state index contributed by atoms with van der Waals surface area (Å²) in [6.45, 7) is 0.0909. The van der Waals surface area contributed by atoms with Gasteiger partial charge in [0.2, 0.25) is 5.91 Å². The van der Waals surface area contributed by atoms with Crippen LogP contribution in [0.2, 0.25) is 0 Å². The van der Waals surface area contributed by atoms with Crippen molar-refractivity contribution in [3.05, 3.63) is 29.8 Å². The summed E-state index contributed by atoms with van der Waals surface area (Å²) < 4.78 is 28.0. The van der Waals surface area contributed by atoms with Gasteiger partial charge >= 0.3 is 6.03 Å². The maximum Gasteiger partial charge on any atom is 0.325 e. The second-order valence-electron chi connectivity index (χ2n) is 6.65. The zero-order chi connectivity index (χ0) is 19.6. The van der Waals surface area contributed by atoms with Gasteiger partial charge < -0.3 is 15.4 Å². The molecule has 0 unspecified atom stereocenters. The lowest BCUT2D eigenvalue weighted by molar-refractivity contribution is -0.131. The molecule has 0 aliphatic carbocycles. The smallest absolute Gasteiger partial charge is 0.325 e. The van der Waals surface area contributed by atoms with Crippen molar-refractivity contribution in [1.29, 1.82) is 0 Å². The van der Waals surface area contributed by atoms with Gasteiger partial charge in [-0.25, -0.2) is 13.2 Å². The second-order valence-corrected chi connectivity index (χ2v) is 8.87. The molecule has 2 aliphatic rings. The third-order valence-corrected chi connectivity index (χ3v) is 6.36. The number of carbonyl (C=O) groups is 3. The molecule has 0 radical (unpaired) electrons. The first-order chi connectivity index (χ1) is 12.8. The van der Waals surface area contributed by atoms with Crippen molar-refractivity contribution in [3.8, 4) is 5.75 Å². The van der Waals surface area contributed by atoms with E-state index in [1.807, 2.05) is 0 Å². The largest absolute Gasteiger partial charge is 0.497 e. The lowest BCUT2D eigenvalue weighted by Gasteiger charge is -2.14. The summed E-state index contributed by atoms with van der Waals surface area (Å²) >= 11 is 0. The monoisotopic (exact) mass is 395 g/mol. The van der Waals surface area contributed by atoms with Crippen LogP contribution in [0, 0.1) is 0 Å². The van der Waals surface area contributed by atoms with Gasteiger partial charge in [0.05, 0.1) is 31.6 Å². The lowest BCUT2D eigenvalue weighted by Crippen LogP contribution is -2.41. The fourth-order valence-corrected chi connectivity index (χ4v) is 4.83. The number of benzene rings is 1. The zero-order valence-electron chi connectivity index (χ0n) is 14.8. The van der Waals surface area contributed by atoms with E-state index in [9.17, 15) is 22.8 Å². The molecule has 2 heterocycles. The molecule has 3 rings (SSSR count). The van der Waals surface area contributed by atoms with Crippen LogP contribution in [-0.4, -0.2) is 61.9 Å². The van der Waals surface area contributed by atoms with Gasteiger partial charge in [-0.1, -0.05) is 12.1 Å². The molecule has 2 aliphatic heterocycles. The van der Waals surface area contributed by atoms with Crippen molar-refractivity contribution in [2.75, 3.05) is 18.6 Å². The molecule has 2 saturated heterocycles. The summed E-state index contributed by atoms with van der Waals surface area (Å²) in [4.78, 5) is 37.7. The van der Waals surface area contributed by atoms with E-state index in [0.29, 0.717) is 12.2 Å². The van der Waals surface area contributed by atoms with Gasteiger partial charge in [0.15, 0.2) is 9.84 Å². The van der Waals surface area contributed by atoms with E-state index in [4.69, 9.17) is 4.74 Å². The van der Waals surface area contributed by atoms with Gasteiger partial charge in [-0.3, -0.25) is 14.5 Å². The second kappa shape index (κ2) is 7.55. The molecular weight excluding hydrogens is 374 g/mol. The minimum Gasteiger partial charge on any atom is -0.497 e. The topological polar surface area (TPSA) is 122 Å². The van der Waals surface area contributed by atoms with Crippen LogP contribution >= 0.6 is 0 Å². The average molecular weight is 395 g/mol. The van der Waals surface area contributed by atoms with Crippen molar-refractivity contribution in [2.45, 2.75) is 31.5 Å². The van der Waals surface area contributed by atoms with E-state index in [2.05, 4.69) is 10.6 Å². The Hall–Kier alpha value is -2.62. The fourth-order valence-electron chi connectivity index (χ4n) is 3.16. The molecule has 0 saturated carbocycles. The Balaban J connectivity index is 1.56. The first-order valence-corrected chi connectivity index (χ1v) is 10.3. The van der Waals surface area contributed by atoms with Gasteiger partial charge in [0.25, 0.3) is 5.91 Å². The number of urea groups is 1. The van der Waals surface area contributed by atoms with Crippen LogP contribution in [0.1, 0.15) is 18.4 Å². The predicted octanol–water partition coefficient (Wildman–Crippen LogP) is -0.191. The highest BCUT2D eigenvalue weighted by Crippen LogP contribution is 2.17. The minimum absolute atomic E-state index is 0.0483. The molecule has 2 fully saturated rings. The van der Waals surface area contributed by atoms with Crippen LogP contribution in [0.25, 0.3) is 0 Å². The van der Waals surface area contributed by atoms with Crippen molar-refractivity contribution < 1.29 is 27.5 Å². The number of ether oxygens (including phenoxy) is 1. The molecular formula is C17H21N3O6S. The number of rotatable bonds is 6. The van der Waals surface area contributed by atoms with Crippen LogP contribution in [0.3, 0.4) is 0 Å². The maximum absolute atomic E-state index is 12.5. The number of nitrogens with one attached hydrogen (secondary N) is 2. The van der Waals surface area contributed by atoms with Crippen molar-refractivity contribution in [2.24, 2.45) is 0 Å². The Morgan fingerprint density at radius 1 is 1.30 bits per heavy atom. The molecule has 0 aromatic heterocycles. The highest BCUT2D eigenvalue weighted by molar-refractivity contribution is 7.91. The molecule has 0 spiro atoms. The Labute approximate surface area is 157 Å². The van der Waals surface area contributed by atoms with Gasteiger partial charge in [-0.15, -0.1) is 0 Å². The molecule has 2 atom stereocenters. The molecule has 4 amide bonds. The van der Waals surface area contributed by atoms with E-state index < -0.39 is 39.8 Å². The predicted molar refractivity (Wildman–Crippen MR) is 95.7 cm³/mol. The summed E-state index contributed by atoms with van der Waals surface area (Å²) in [6, 6.07) is 5.01. The van der Waals surface area contributed by atoms with Gasteiger partial charge in [-0.05, 0) is 24.1 Å². The van der Waals surface area contributed by atoms with E-state index in [-0.39, 0.29) is 24.5 Å². The molecule has 9 nitrogen and oxygen atoms in total. The number of imide groups is 1. The van der Waals surface area contributed by atoms with E-state index in [1.165, 1.54) is 0 Å². The third-order valence-electron chi connectivity index (χ3n) is 4.59. The third kappa shape index (κ3) is 4.57. The number of carbonyl (C=O) groups excluding carboxylic acids is 3. The number of amides is 4. The SMILES string of the molecule is COc1ccc(CN2C(=O)N[C@@H](CC(=O)N[C@@H]3CCS(=O)(=O)C3)C2=O)cc1. The molecule has 10 heteroatoms. The number of hydrogen-bond acceptors (Lipinski definition) is 6. The van der Waals surface area contributed by atoms with Crippen LogP contribution < -0.4 is 15.4 Å².